The van der Waals surface area contributed by atoms with Gasteiger partial charge in [-0.25, -0.2) is 4.89 Å². The summed E-state index contributed by atoms with van der Waals surface area (Å²) >= 11 is 0. The van der Waals surface area contributed by atoms with E-state index < -0.39 is 17.5 Å². The summed E-state index contributed by atoms with van der Waals surface area (Å²) in [6.45, 7) is 1.48. The van der Waals surface area contributed by atoms with Crippen LogP contribution < -0.4 is 0 Å². The van der Waals surface area contributed by atoms with Gasteiger partial charge in [0.15, 0.2) is 11.9 Å². The number of ketones is 1. The summed E-state index contributed by atoms with van der Waals surface area (Å²) in [6.07, 6.45) is 3.50. The van der Waals surface area contributed by atoms with Gasteiger partial charge in [-0.05, 0) is 32.1 Å². The molecule has 6 nitrogen and oxygen atoms in total. The van der Waals surface area contributed by atoms with E-state index in [-0.39, 0.29) is 18.1 Å². The molecular weight excluding hydrogens is 264 g/mol. The van der Waals surface area contributed by atoms with Crippen LogP contribution in [0.4, 0.5) is 0 Å². The van der Waals surface area contributed by atoms with Gasteiger partial charge in [0.05, 0.1) is 13.5 Å². The lowest BCUT2D eigenvalue weighted by atomic mass is 9.66. The van der Waals surface area contributed by atoms with Crippen molar-refractivity contribution < 1.29 is 29.3 Å². The van der Waals surface area contributed by atoms with Gasteiger partial charge in [0, 0.05) is 12.3 Å². The number of esters is 1. The van der Waals surface area contributed by atoms with E-state index in [1.54, 1.807) is 0 Å². The van der Waals surface area contributed by atoms with E-state index in [1.165, 1.54) is 14.0 Å². The molecule has 0 aromatic heterocycles. The summed E-state index contributed by atoms with van der Waals surface area (Å²) in [5, 5.41) is 9.26. The van der Waals surface area contributed by atoms with Crippen molar-refractivity contribution in [2.24, 2.45) is 11.8 Å². The SMILES string of the molecule is COC(=O)C[C@@H]1CCC[C@H](CCC(C)=O)[C@@]1(C=O)OO. The first-order chi connectivity index (χ1) is 9.50. The zero-order chi connectivity index (χ0) is 15.2. The van der Waals surface area contributed by atoms with Crippen molar-refractivity contribution in [1.82, 2.24) is 0 Å². The minimum absolute atomic E-state index is 0.0202. The van der Waals surface area contributed by atoms with Gasteiger partial charge >= 0.3 is 5.97 Å². The van der Waals surface area contributed by atoms with Crippen LogP contribution in [-0.2, 0) is 24.0 Å². The van der Waals surface area contributed by atoms with Crippen LogP contribution in [0.1, 0.15) is 45.4 Å². The van der Waals surface area contributed by atoms with Crippen LogP contribution in [0.3, 0.4) is 0 Å². The smallest absolute Gasteiger partial charge is 0.305 e. The molecule has 1 aliphatic carbocycles. The second-order valence-electron chi connectivity index (χ2n) is 5.41. The number of hydrogen-bond acceptors (Lipinski definition) is 6. The van der Waals surface area contributed by atoms with Crippen LogP contribution >= 0.6 is 0 Å². The Morgan fingerprint density at radius 2 is 2.00 bits per heavy atom. The average molecular weight is 286 g/mol. The number of hydrogen-bond donors (Lipinski definition) is 1. The van der Waals surface area contributed by atoms with Crippen LogP contribution in [0.5, 0.6) is 0 Å². The zero-order valence-corrected chi connectivity index (χ0v) is 12.0. The van der Waals surface area contributed by atoms with Gasteiger partial charge in [-0.1, -0.05) is 6.42 Å². The zero-order valence-electron chi connectivity index (χ0n) is 12.0. The highest BCUT2D eigenvalue weighted by Gasteiger charge is 2.50. The molecule has 0 saturated heterocycles. The maximum atomic E-state index is 11.5. The molecule has 0 radical (unpaired) electrons. The Labute approximate surface area is 118 Å². The number of methoxy groups -OCH3 is 1. The molecule has 0 unspecified atom stereocenters. The van der Waals surface area contributed by atoms with Crippen molar-refractivity contribution in [1.29, 1.82) is 0 Å². The van der Waals surface area contributed by atoms with E-state index in [0.29, 0.717) is 32.0 Å². The highest BCUT2D eigenvalue weighted by Crippen LogP contribution is 2.43. The highest BCUT2D eigenvalue weighted by molar-refractivity contribution is 5.76. The van der Waals surface area contributed by atoms with Gasteiger partial charge in [0.1, 0.15) is 5.78 Å². The average Bonchev–Trinajstić information content (AvgIpc) is 2.45. The first kappa shape index (κ1) is 16.8. The molecule has 0 bridgehead atoms. The lowest BCUT2D eigenvalue weighted by molar-refractivity contribution is -0.340. The van der Waals surface area contributed by atoms with Crippen molar-refractivity contribution in [2.45, 2.75) is 51.0 Å². The summed E-state index contributed by atoms with van der Waals surface area (Å²) in [5.74, 6) is -1.11. The van der Waals surface area contributed by atoms with Crippen LogP contribution in [0.2, 0.25) is 0 Å². The van der Waals surface area contributed by atoms with Gasteiger partial charge in [-0.2, -0.15) is 0 Å². The number of carbonyl (C=O) groups excluding carboxylic acids is 3. The summed E-state index contributed by atoms with van der Waals surface area (Å²) in [4.78, 5) is 38.6. The van der Waals surface area contributed by atoms with Gasteiger partial charge in [0.25, 0.3) is 0 Å². The lowest BCUT2D eigenvalue weighted by Gasteiger charge is -2.43. The Hall–Kier alpha value is -1.27. The van der Waals surface area contributed by atoms with E-state index in [0.717, 1.165) is 6.42 Å². The summed E-state index contributed by atoms with van der Waals surface area (Å²) in [5.41, 5.74) is -1.41. The van der Waals surface area contributed by atoms with Crippen molar-refractivity contribution in [3.8, 4) is 0 Å². The summed E-state index contributed by atoms with van der Waals surface area (Å²) in [6, 6.07) is 0. The molecule has 0 aromatic carbocycles. The maximum Gasteiger partial charge on any atom is 0.305 e. The fourth-order valence-electron chi connectivity index (χ4n) is 3.05. The molecule has 0 amide bonds. The van der Waals surface area contributed by atoms with Crippen LogP contribution in [0.15, 0.2) is 0 Å². The summed E-state index contributed by atoms with van der Waals surface area (Å²) < 4.78 is 4.62. The molecular formula is C14H22O6. The van der Waals surface area contributed by atoms with E-state index in [4.69, 9.17) is 0 Å². The van der Waals surface area contributed by atoms with Crippen LogP contribution in [-0.4, -0.2) is 36.0 Å². The predicted octanol–water partition coefficient (Wildman–Crippen LogP) is 1.76. The number of carbonyl (C=O) groups is 3. The molecule has 114 valence electrons. The molecule has 1 N–H and O–H groups in total. The molecule has 0 heterocycles. The van der Waals surface area contributed by atoms with Crippen molar-refractivity contribution in [3.63, 3.8) is 0 Å². The number of ether oxygens (including phenoxy) is 1. The van der Waals surface area contributed by atoms with Crippen molar-refractivity contribution >= 4 is 18.0 Å². The molecule has 3 atom stereocenters. The monoisotopic (exact) mass is 286 g/mol. The molecule has 1 aliphatic rings. The quantitative estimate of drug-likeness (QED) is 0.332. The third kappa shape index (κ3) is 3.64. The molecule has 0 aliphatic heterocycles. The normalized spacial score (nSPS) is 29.8. The molecule has 1 rings (SSSR count). The first-order valence-corrected chi connectivity index (χ1v) is 6.85. The fraction of sp³-hybridized carbons (Fsp3) is 0.786. The Morgan fingerprint density at radius 3 is 2.50 bits per heavy atom. The van der Waals surface area contributed by atoms with Gasteiger partial charge < -0.3 is 9.53 Å². The molecule has 1 saturated carbocycles. The van der Waals surface area contributed by atoms with Crippen LogP contribution in [0, 0.1) is 11.8 Å². The minimum Gasteiger partial charge on any atom is -0.469 e. The largest absolute Gasteiger partial charge is 0.469 e. The van der Waals surface area contributed by atoms with E-state index in [1.807, 2.05) is 0 Å². The molecule has 0 spiro atoms. The lowest BCUT2D eigenvalue weighted by Crippen LogP contribution is -2.52. The molecule has 6 heteroatoms. The van der Waals surface area contributed by atoms with E-state index in [9.17, 15) is 19.6 Å². The Bertz CT molecular complexity index is 367. The minimum atomic E-state index is -1.41. The second kappa shape index (κ2) is 7.50. The predicted molar refractivity (Wildman–Crippen MR) is 69.9 cm³/mol. The van der Waals surface area contributed by atoms with Gasteiger partial charge in [0.2, 0.25) is 0 Å². The summed E-state index contributed by atoms with van der Waals surface area (Å²) in [7, 11) is 1.28. The molecule has 1 fully saturated rings. The van der Waals surface area contributed by atoms with Gasteiger partial charge in [-0.15, -0.1) is 0 Å². The maximum absolute atomic E-state index is 11.5. The number of aldehydes is 1. The fourth-order valence-corrected chi connectivity index (χ4v) is 3.05. The Morgan fingerprint density at radius 1 is 1.35 bits per heavy atom. The van der Waals surface area contributed by atoms with Crippen LogP contribution in [0.25, 0.3) is 0 Å². The van der Waals surface area contributed by atoms with Gasteiger partial charge in [-0.3, -0.25) is 14.8 Å². The standard InChI is InChI=1S/C14H22O6/c1-10(16)6-7-11-4-3-5-12(8-13(17)19-2)14(11,9-15)20-18/h9,11-12,18H,3-8H2,1-2H3/t11-,12+,14-/m1/s1. The van der Waals surface area contributed by atoms with Crippen molar-refractivity contribution in [2.75, 3.05) is 7.11 Å². The Kier molecular flexibility index (Phi) is 6.29. The first-order valence-electron chi connectivity index (χ1n) is 6.85. The highest BCUT2D eigenvalue weighted by atomic mass is 17.1. The Balaban J connectivity index is 2.90. The third-order valence-corrected chi connectivity index (χ3v) is 4.21. The topological polar surface area (TPSA) is 89.9 Å². The van der Waals surface area contributed by atoms with E-state index in [2.05, 4.69) is 9.62 Å². The van der Waals surface area contributed by atoms with Crippen molar-refractivity contribution in [3.05, 3.63) is 0 Å². The molecule has 0 aromatic rings. The number of rotatable bonds is 7. The number of Topliss-reactive ketones (excluding diaryl/α,β-unsaturated/α-hetero) is 1. The second-order valence-corrected chi connectivity index (χ2v) is 5.41. The molecule has 20 heavy (non-hydrogen) atoms. The van der Waals surface area contributed by atoms with E-state index >= 15 is 0 Å². The third-order valence-electron chi connectivity index (χ3n) is 4.21.